The molecule has 0 radical (unpaired) electrons. The number of rotatable bonds is 65. The summed E-state index contributed by atoms with van der Waals surface area (Å²) in [5.74, 6) is -0.333. The Morgan fingerprint density at radius 2 is 0.636 bits per heavy atom. The number of aliphatic hydroxyl groups excluding tert-OH is 11. The summed E-state index contributed by atoms with van der Waals surface area (Å²) in [7, 11) is 0. The largest absolute Gasteiger partial charge is 0.394 e. The zero-order chi connectivity index (χ0) is 79.5. The van der Waals surface area contributed by atoms with Crippen LogP contribution in [0.2, 0.25) is 0 Å². The summed E-state index contributed by atoms with van der Waals surface area (Å²) in [6.45, 7) is 1.58. The molecule has 3 aliphatic heterocycles. The van der Waals surface area contributed by atoms with E-state index in [0.29, 0.717) is 12.8 Å². The van der Waals surface area contributed by atoms with Gasteiger partial charge in [-0.2, -0.15) is 0 Å². The molecule has 3 heterocycles. The Bertz CT molecular complexity index is 2660. The van der Waals surface area contributed by atoms with Gasteiger partial charge in [0.1, 0.15) is 73.2 Å². The van der Waals surface area contributed by atoms with Gasteiger partial charge in [-0.05, 0) is 122 Å². The lowest BCUT2D eigenvalue weighted by atomic mass is 9.96. The number of amides is 1. The number of ether oxygens (including phenoxy) is 6. The van der Waals surface area contributed by atoms with Crippen molar-refractivity contribution in [1.29, 1.82) is 0 Å². The lowest BCUT2D eigenvalue weighted by molar-refractivity contribution is -0.379. The fraction of sp³-hybridized carbons (Fsp3) is 0.681. The van der Waals surface area contributed by atoms with Crippen LogP contribution >= 0.6 is 0 Å². The van der Waals surface area contributed by atoms with Gasteiger partial charge in [-0.25, -0.2) is 0 Å². The van der Waals surface area contributed by atoms with Gasteiger partial charge in [0.2, 0.25) is 5.91 Å². The third-order valence-corrected chi connectivity index (χ3v) is 19.7. The molecular weight excluding hydrogens is 1390 g/mol. The maximum absolute atomic E-state index is 13.5. The number of aliphatic hydroxyl groups is 11. The van der Waals surface area contributed by atoms with Crippen LogP contribution in [-0.2, 0) is 33.2 Å². The van der Waals surface area contributed by atoms with E-state index in [1.165, 1.54) is 122 Å². The monoisotopic (exact) mass is 1540 g/mol. The first-order chi connectivity index (χ1) is 53.8. The molecule has 17 atom stereocenters. The molecule has 110 heavy (non-hydrogen) atoms. The zero-order valence-electron chi connectivity index (χ0n) is 67.2. The average molecular weight is 1550 g/mol. The zero-order valence-corrected chi connectivity index (χ0v) is 67.2. The first-order valence-electron chi connectivity index (χ1n) is 42.4. The van der Waals surface area contributed by atoms with E-state index in [1.54, 1.807) is 6.08 Å². The predicted molar refractivity (Wildman–Crippen MR) is 442 cm³/mol. The van der Waals surface area contributed by atoms with Gasteiger partial charge in [-0.3, -0.25) is 4.79 Å². The van der Waals surface area contributed by atoms with Gasteiger partial charge in [0.15, 0.2) is 18.9 Å². The molecule has 0 aliphatic carbocycles. The van der Waals surface area contributed by atoms with Crippen LogP contribution < -0.4 is 5.32 Å². The molecule has 0 spiro atoms. The van der Waals surface area contributed by atoms with Crippen molar-refractivity contribution >= 4 is 5.91 Å². The van der Waals surface area contributed by atoms with Crippen molar-refractivity contribution in [2.24, 2.45) is 0 Å². The molecule has 0 aromatic carbocycles. The lowest BCUT2D eigenvalue weighted by Gasteiger charge is -2.48. The molecule has 3 rings (SSSR count). The summed E-state index contributed by atoms with van der Waals surface area (Å²) in [6, 6.07) is -1.03. The summed E-state index contributed by atoms with van der Waals surface area (Å²) in [5, 5.41) is 121. The number of carbonyl (C=O) groups excluding carboxylic acids is 1. The van der Waals surface area contributed by atoms with Crippen molar-refractivity contribution in [3.05, 3.63) is 170 Å². The van der Waals surface area contributed by atoms with Crippen LogP contribution in [0.5, 0.6) is 0 Å². The Kier molecular flexibility index (Phi) is 61.9. The predicted octanol–water partition coefficient (Wildman–Crippen LogP) is 15.3. The van der Waals surface area contributed by atoms with Crippen LogP contribution in [0, 0.1) is 0 Å². The summed E-state index contributed by atoms with van der Waals surface area (Å²) in [5.41, 5.74) is 0. The Morgan fingerprint density at radius 3 is 1.02 bits per heavy atom. The Morgan fingerprint density at radius 1 is 0.336 bits per heavy atom. The summed E-state index contributed by atoms with van der Waals surface area (Å²) >= 11 is 0. The normalized spacial score (nSPS) is 26.1. The van der Waals surface area contributed by atoms with E-state index in [0.717, 1.165) is 109 Å². The fourth-order valence-corrected chi connectivity index (χ4v) is 13.0. The highest BCUT2D eigenvalue weighted by atomic mass is 16.8. The van der Waals surface area contributed by atoms with Crippen molar-refractivity contribution < 1.29 is 89.4 Å². The quantitative estimate of drug-likeness (QED) is 0.0199. The minimum Gasteiger partial charge on any atom is -0.394 e. The summed E-state index contributed by atoms with van der Waals surface area (Å²) in [6.07, 6.45) is 76.3. The molecule has 12 N–H and O–H groups in total. The van der Waals surface area contributed by atoms with Crippen molar-refractivity contribution in [2.75, 3.05) is 26.4 Å². The van der Waals surface area contributed by atoms with Crippen molar-refractivity contribution in [3.63, 3.8) is 0 Å². The van der Waals surface area contributed by atoms with Crippen LogP contribution in [0.1, 0.15) is 264 Å². The van der Waals surface area contributed by atoms with Crippen molar-refractivity contribution in [3.8, 4) is 0 Å². The van der Waals surface area contributed by atoms with Gasteiger partial charge in [0.25, 0.3) is 0 Å². The molecule has 3 fully saturated rings. The molecule has 19 heteroatoms. The average Bonchev–Trinajstić information content (AvgIpc) is 0.780. The summed E-state index contributed by atoms with van der Waals surface area (Å²) < 4.78 is 34.4. The van der Waals surface area contributed by atoms with Crippen LogP contribution in [0.15, 0.2) is 170 Å². The molecule has 0 aromatic rings. The van der Waals surface area contributed by atoms with Gasteiger partial charge in [0.05, 0.1) is 38.6 Å². The maximum atomic E-state index is 13.5. The number of carbonyl (C=O) groups is 1. The highest BCUT2D eigenvalue weighted by Gasteiger charge is 2.54. The number of hydrogen-bond donors (Lipinski definition) is 12. The first kappa shape index (κ1) is 99.3. The Hall–Kier alpha value is -4.85. The molecule has 0 aromatic heterocycles. The fourth-order valence-electron chi connectivity index (χ4n) is 13.0. The van der Waals surface area contributed by atoms with Crippen molar-refractivity contribution in [1.82, 2.24) is 5.32 Å². The van der Waals surface area contributed by atoms with E-state index in [-0.39, 0.29) is 12.3 Å². The topological polar surface area (TPSA) is 307 Å². The highest BCUT2D eigenvalue weighted by molar-refractivity contribution is 5.76. The third kappa shape index (κ3) is 47.1. The molecule has 3 aliphatic rings. The van der Waals surface area contributed by atoms with Gasteiger partial charge >= 0.3 is 0 Å². The second-order valence-electron chi connectivity index (χ2n) is 29.2. The maximum Gasteiger partial charge on any atom is 0.220 e. The second-order valence-corrected chi connectivity index (χ2v) is 29.2. The van der Waals surface area contributed by atoms with Gasteiger partial charge in [-0.1, -0.05) is 306 Å². The van der Waals surface area contributed by atoms with Crippen LogP contribution in [0.3, 0.4) is 0 Å². The van der Waals surface area contributed by atoms with Crippen LogP contribution in [0.4, 0.5) is 0 Å². The summed E-state index contributed by atoms with van der Waals surface area (Å²) in [4.78, 5) is 13.5. The van der Waals surface area contributed by atoms with E-state index in [4.69, 9.17) is 28.4 Å². The highest BCUT2D eigenvalue weighted by Crippen LogP contribution is 2.33. The second kappa shape index (κ2) is 68.5. The minimum atomic E-state index is -2.00. The number of hydrogen-bond acceptors (Lipinski definition) is 18. The molecular formula is C91H149NO18. The standard InChI is InChI=1S/C91H149NO18/c1-3-5-7-9-11-13-15-17-19-21-23-25-27-29-31-32-33-34-35-36-37-38-39-40-41-42-43-45-47-49-51-53-55-57-59-61-63-65-67-69-79(97)92-74(75(96)68-66-64-62-60-58-56-54-52-50-48-46-44-30-28-26-24-22-20-18-16-14-12-10-8-6-4-2)73-105-89-85(103)82(100)87(77(71-94)107-89)110-91-86(104)83(101)88(78(72-95)108-91)109-90-84(102)81(99)80(98)76(70-93)106-90/h5,7,11,13,17,19,23,25,29,31,33-34,36-37,39-40,42-43,47,49,53,55,58-61,66,68,74-78,80-91,93-96,98-104H,3-4,6,8-10,12,14-16,18,20-22,24,26-28,30,32,35,38,41,44-46,48,50-52,54,56-57,62-65,67,69-73H2,1-2H3,(H,92,97)/b7-5-,13-11-,19-17-,25-23-,31-29-,34-33-,37-36-,40-39-,43-42-,49-47-,55-53-,60-58+,61-59-,68-66+. The minimum absolute atomic E-state index is 0.169. The Labute approximate surface area is 662 Å². The lowest BCUT2D eigenvalue weighted by Crippen LogP contribution is -2.66. The first-order valence-corrected chi connectivity index (χ1v) is 42.4. The molecule has 3 saturated heterocycles. The molecule has 0 bridgehead atoms. The molecule has 0 saturated carbocycles. The smallest absolute Gasteiger partial charge is 0.220 e. The van der Waals surface area contributed by atoms with Crippen molar-refractivity contribution in [2.45, 2.75) is 369 Å². The number of unbranched alkanes of at least 4 members (excludes halogenated alkanes) is 23. The third-order valence-electron chi connectivity index (χ3n) is 19.7. The van der Waals surface area contributed by atoms with E-state index in [1.807, 2.05) is 6.08 Å². The van der Waals surface area contributed by atoms with Crippen LogP contribution in [-0.4, -0.2) is 193 Å². The molecule has 17 unspecified atom stereocenters. The van der Waals surface area contributed by atoms with Gasteiger partial charge < -0.3 is 89.9 Å². The van der Waals surface area contributed by atoms with E-state index in [9.17, 15) is 61.0 Å². The van der Waals surface area contributed by atoms with E-state index >= 15 is 0 Å². The Balaban J connectivity index is 1.39. The van der Waals surface area contributed by atoms with E-state index < -0.39 is 131 Å². The van der Waals surface area contributed by atoms with Gasteiger partial charge in [-0.15, -0.1) is 0 Å². The van der Waals surface area contributed by atoms with Gasteiger partial charge in [0, 0.05) is 6.42 Å². The molecule has 19 nitrogen and oxygen atoms in total. The van der Waals surface area contributed by atoms with E-state index in [2.05, 4.69) is 177 Å². The molecule has 1 amide bonds. The molecule has 626 valence electrons. The number of nitrogens with one attached hydrogen (secondary N) is 1. The number of allylic oxidation sites excluding steroid dienone is 27. The SMILES string of the molecule is CC/C=C\C/C=C\C/C=C\C/C=C\C/C=C\C/C=C\C/C=C\C/C=C\C/C=C\C/C=C\C/C=C\C/C=C\CCCCC(=O)NC(COC1OC(CO)C(OC2OC(CO)C(OC3OC(CO)C(O)C(O)C3O)C(O)C2O)C(O)C1O)C(O)/C=C/CC/C=C/CCCCCCCCCCCCCCCCCCCCCC. The van der Waals surface area contributed by atoms with Crippen LogP contribution in [0.25, 0.3) is 0 Å².